The van der Waals surface area contributed by atoms with E-state index in [4.69, 9.17) is 0 Å². The molecule has 3 heterocycles. The van der Waals surface area contributed by atoms with Crippen LogP contribution in [0.1, 0.15) is 20.0 Å². The summed E-state index contributed by atoms with van der Waals surface area (Å²) in [6.07, 6.45) is 7.37. The number of thiol groups is 1. The molecule has 0 unspecified atom stereocenters. The van der Waals surface area contributed by atoms with Crippen molar-refractivity contribution in [2.75, 3.05) is 20.0 Å². The third-order valence-corrected chi connectivity index (χ3v) is 6.35. The molecule has 30 heavy (non-hydrogen) atoms. The molecule has 0 bridgehead atoms. The second-order valence-electron chi connectivity index (χ2n) is 5.00. The van der Waals surface area contributed by atoms with Crippen molar-refractivity contribution in [3.05, 3.63) is 54.7 Å². The standard InChI is InChI=1S/C9H6BrNO2S.C6H3Br2NO.C3H6O2S/c1-13-9(12)7-2-5-6(10)3-11-4-8(5)14-7;7-5-1-9-2-6(8)4(5)3-10;1-5-3(4)2-6/h2-4H,1H3;1-3H;6H,2H2,1H3. The largest absolute Gasteiger partial charge is 0.468 e. The Balaban J connectivity index is 0.000000247. The van der Waals surface area contributed by atoms with Gasteiger partial charge in [-0.15, -0.1) is 11.3 Å². The molecule has 0 N–H and O–H groups in total. The summed E-state index contributed by atoms with van der Waals surface area (Å²) in [5.74, 6) is -0.437. The zero-order valence-electron chi connectivity index (χ0n) is 15.6. The van der Waals surface area contributed by atoms with Crippen molar-refractivity contribution < 1.29 is 23.9 Å². The van der Waals surface area contributed by atoms with Gasteiger partial charge in [0.2, 0.25) is 0 Å². The maximum Gasteiger partial charge on any atom is 0.348 e. The fraction of sp³-hybridized carbons (Fsp3) is 0.167. The first-order valence-electron chi connectivity index (χ1n) is 7.82. The summed E-state index contributed by atoms with van der Waals surface area (Å²) in [6.45, 7) is 0. The number of methoxy groups -OCH3 is 2. The Hall–Kier alpha value is -1.34. The molecule has 0 saturated carbocycles. The number of nitrogens with zero attached hydrogens (tertiary/aromatic N) is 2. The second kappa shape index (κ2) is 13.9. The number of hydrogen-bond acceptors (Lipinski definition) is 9. The lowest BCUT2D eigenvalue weighted by atomic mass is 10.3. The maximum atomic E-state index is 11.2. The molecule has 0 amide bonds. The predicted molar refractivity (Wildman–Crippen MR) is 130 cm³/mol. The molecular weight excluding hydrogens is 628 g/mol. The summed E-state index contributed by atoms with van der Waals surface area (Å²) in [6, 6.07) is 1.80. The minimum Gasteiger partial charge on any atom is -0.468 e. The van der Waals surface area contributed by atoms with Crippen LogP contribution in [0.2, 0.25) is 0 Å². The highest BCUT2D eigenvalue weighted by Gasteiger charge is 2.11. The van der Waals surface area contributed by atoms with Crippen LogP contribution in [-0.2, 0) is 14.3 Å². The number of esters is 2. The highest BCUT2D eigenvalue weighted by molar-refractivity contribution is 9.11. The number of hydrogen-bond donors (Lipinski definition) is 1. The van der Waals surface area contributed by atoms with Gasteiger partial charge in [-0.25, -0.2) is 4.79 Å². The van der Waals surface area contributed by atoms with E-state index in [1.807, 2.05) is 0 Å². The van der Waals surface area contributed by atoms with Crippen molar-refractivity contribution in [1.29, 1.82) is 0 Å². The normalized spacial score (nSPS) is 9.53. The van der Waals surface area contributed by atoms with Gasteiger partial charge in [-0.3, -0.25) is 19.6 Å². The summed E-state index contributed by atoms with van der Waals surface area (Å²) in [4.78, 5) is 39.9. The van der Waals surface area contributed by atoms with Crippen LogP contribution < -0.4 is 0 Å². The quantitative estimate of drug-likeness (QED) is 0.234. The zero-order chi connectivity index (χ0) is 22.7. The Bertz CT molecular complexity index is 1000. The summed E-state index contributed by atoms with van der Waals surface area (Å²) in [7, 11) is 2.71. The third kappa shape index (κ3) is 8.06. The van der Waals surface area contributed by atoms with Gasteiger partial charge in [-0.05, 0) is 53.9 Å². The fourth-order valence-corrected chi connectivity index (χ4v) is 4.52. The number of aldehydes is 1. The molecule has 0 aliphatic heterocycles. The van der Waals surface area contributed by atoms with Gasteiger partial charge in [0.25, 0.3) is 0 Å². The average Bonchev–Trinajstić information content (AvgIpc) is 3.19. The Morgan fingerprint density at radius 1 is 1.03 bits per heavy atom. The Morgan fingerprint density at radius 2 is 1.60 bits per heavy atom. The number of aromatic nitrogens is 2. The third-order valence-electron chi connectivity index (χ3n) is 3.15. The van der Waals surface area contributed by atoms with Crippen molar-refractivity contribution in [1.82, 2.24) is 9.97 Å². The number of fused-ring (bicyclic) bond motifs is 1. The Kier molecular flexibility index (Phi) is 12.3. The van der Waals surface area contributed by atoms with E-state index < -0.39 is 0 Å². The molecule has 3 aromatic heterocycles. The molecule has 0 saturated heterocycles. The number of pyridine rings is 2. The van der Waals surface area contributed by atoms with E-state index in [9.17, 15) is 14.4 Å². The molecule has 7 nitrogen and oxygen atoms in total. The molecular formula is C18H15Br3N2O5S2. The molecule has 0 aliphatic rings. The lowest BCUT2D eigenvalue weighted by Gasteiger charge is -1.95. The highest BCUT2D eigenvalue weighted by atomic mass is 79.9. The molecule has 0 atom stereocenters. The van der Waals surface area contributed by atoms with Crippen molar-refractivity contribution >= 4 is 100 Å². The van der Waals surface area contributed by atoms with E-state index in [1.165, 1.54) is 25.6 Å². The van der Waals surface area contributed by atoms with Crippen molar-refractivity contribution in [2.24, 2.45) is 0 Å². The van der Waals surface area contributed by atoms with E-state index >= 15 is 0 Å². The Labute approximate surface area is 207 Å². The Morgan fingerprint density at radius 3 is 2.00 bits per heavy atom. The molecule has 0 radical (unpaired) electrons. The number of carbonyl (C=O) groups is 3. The van der Waals surface area contributed by atoms with Crippen LogP contribution in [0, 0.1) is 0 Å². The molecule has 0 aromatic carbocycles. The minimum absolute atomic E-state index is 0.163. The molecule has 0 aliphatic carbocycles. The van der Waals surface area contributed by atoms with Crippen molar-refractivity contribution in [3.63, 3.8) is 0 Å². The van der Waals surface area contributed by atoms with Gasteiger partial charge in [0.05, 0.1) is 24.7 Å². The van der Waals surface area contributed by atoms with E-state index in [0.29, 0.717) is 19.4 Å². The molecule has 160 valence electrons. The number of halogens is 3. The molecule has 0 fully saturated rings. The minimum atomic E-state index is -0.307. The monoisotopic (exact) mass is 640 g/mol. The number of thiophene rings is 1. The van der Waals surface area contributed by atoms with E-state index in [2.05, 4.69) is 79.9 Å². The zero-order valence-corrected chi connectivity index (χ0v) is 22.1. The van der Waals surface area contributed by atoms with Gasteiger partial charge in [-0.2, -0.15) is 12.6 Å². The summed E-state index contributed by atoms with van der Waals surface area (Å²) >= 11 is 14.7. The lowest BCUT2D eigenvalue weighted by Crippen LogP contribution is -1.99. The van der Waals surface area contributed by atoms with Crippen molar-refractivity contribution in [3.8, 4) is 0 Å². The topological polar surface area (TPSA) is 95.5 Å². The number of carbonyl (C=O) groups excluding carboxylic acids is 3. The van der Waals surface area contributed by atoms with E-state index in [-0.39, 0.29) is 17.7 Å². The van der Waals surface area contributed by atoms with Crippen LogP contribution in [0.15, 0.2) is 44.3 Å². The summed E-state index contributed by atoms with van der Waals surface area (Å²) in [5.41, 5.74) is 0.593. The van der Waals surface area contributed by atoms with Gasteiger partial charge in [0.15, 0.2) is 6.29 Å². The highest BCUT2D eigenvalue weighted by Crippen LogP contribution is 2.30. The van der Waals surface area contributed by atoms with Gasteiger partial charge in [0, 0.05) is 49.2 Å². The first-order chi connectivity index (χ1) is 14.3. The molecule has 0 spiro atoms. The van der Waals surface area contributed by atoms with Gasteiger partial charge < -0.3 is 9.47 Å². The maximum absolute atomic E-state index is 11.2. The number of rotatable bonds is 3. The van der Waals surface area contributed by atoms with Crippen LogP contribution in [0.25, 0.3) is 10.1 Å². The van der Waals surface area contributed by atoms with E-state index in [1.54, 1.807) is 30.9 Å². The van der Waals surface area contributed by atoms with Gasteiger partial charge in [0.1, 0.15) is 4.88 Å². The van der Waals surface area contributed by atoms with Crippen LogP contribution in [-0.4, -0.2) is 48.2 Å². The summed E-state index contributed by atoms with van der Waals surface area (Å²) < 4.78 is 12.1. The molecule has 12 heteroatoms. The first-order valence-corrected chi connectivity index (χ1v) is 11.6. The van der Waals surface area contributed by atoms with Crippen LogP contribution >= 0.6 is 71.8 Å². The van der Waals surface area contributed by atoms with Crippen LogP contribution in [0.5, 0.6) is 0 Å². The molecule has 3 aromatic rings. The van der Waals surface area contributed by atoms with Gasteiger partial charge >= 0.3 is 11.9 Å². The van der Waals surface area contributed by atoms with Crippen molar-refractivity contribution in [2.45, 2.75) is 0 Å². The fourth-order valence-electron chi connectivity index (χ4n) is 1.73. The van der Waals surface area contributed by atoms with Gasteiger partial charge in [-0.1, -0.05) is 0 Å². The van der Waals surface area contributed by atoms with E-state index in [0.717, 1.165) is 20.8 Å². The molecule has 3 rings (SSSR count). The van der Waals surface area contributed by atoms with Crippen LogP contribution in [0.4, 0.5) is 0 Å². The SMILES string of the molecule is COC(=O)CS.COC(=O)c1cc2c(Br)cncc2s1.O=Cc1c(Br)cncc1Br. The number of ether oxygens (including phenoxy) is 2. The second-order valence-corrected chi connectivity index (χ2v) is 8.97. The summed E-state index contributed by atoms with van der Waals surface area (Å²) in [5, 5.41) is 0.991. The van der Waals surface area contributed by atoms with Crippen LogP contribution in [0.3, 0.4) is 0 Å². The first kappa shape index (κ1) is 26.7. The predicted octanol–water partition coefficient (Wildman–Crippen LogP) is 5.35. The smallest absolute Gasteiger partial charge is 0.348 e. The lowest BCUT2D eigenvalue weighted by molar-refractivity contribution is -0.137. The average molecular weight is 643 g/mol.